The van der Waals surface area contributed by atoms with Crippen LogP contribution in [0.1, 0.15) is 19.8 Å². The number of carbonyl (C=O) groups excluding carboxylic acids is 3. The summed E-state index contributed by atoms with van der Waals surface area (Å²) in [7, 11) is -0.950. The molecule has 0 aliphatic carbocycles. The molecule has 2 unspecified atom stereocenters. The van der Waals surface area contributed by atoms with Crippen molar-refractivity contribution in [2.75, 3.05) is 0 Å². The molecule has 2 rings (SSSR count). The molecule has 0 bridgehead atoms. The number of piperidine rings is 1. The second-order valence-electron chi connectivity index (χ2n) is 4.38. The lowest BCUT2D eigenvalue weighted by molar-refractivity contribution is -0.139. The lowest BCUT2D eigenvalue weighted by atomic mass is 10.1. The molecule has 3 amide bonds. The van der Waals surface area contributed by atoms with Crippen molar-refractivity contribution in [2.45, 2.75) is 25.8 Å². The van der Waals surface area contributed by atoms with Crippen LogP contribution in [0.2, 0.25) is 0 Å². The van der Waals surface area contributed by atoms with Gasteiger partial charge in [-0.2, -0.15) is 0 Å². The Labute approximate surface area is 124 Å². The van der Waals surface area contributed by atoms with Gasteiger partial charge in [-0.05, 0) is 30.6 Å². The minimum atomic E-state index is -0.950. The smallest absolute Gasteiger partial charge is 0.266 e. The van der Waals surface area contributed by atoms with Gasteiger partial charge in [-0.25, -0.2) is 0 Å². The molecule has 2 heterocycles. The molecule has 1 N–H and O–H groups in total. The van der Waals surface area contributed by atoms with Gasteiger partial charge in [0.2, 0.25) is 11.8 Å². The highest BCUT2D eigenvalue weighted by atomic mass is 32.8. The van der Waals surface area contributed by atoms with Crippen molar-refractivity contribution < 1.29 is 14.4 Å². The molecule has 20 heavy (non-hydrogen) atoms. The third-order valence-corrected chi connectivity index (χ3v) is 5.57. The number of carbonyl (C=O) groups is 3. The summed E-state index contributed by atoms with van der Waals surface area (Å²) in [5.41, 5.74) is 0.436. The summed E-state index contributed by atoms with van der Waals surface area (Å²) in [4.78, 5) is 36.0. The van der Waals surface area contributed by atoms with Crippen LogP contribution in [0.5, 0.6) is 0 Å². The van der Waals surface area contributed by atoms with Crippen LogP contribution >= 0.6 is 0 Å². The lowest BCUT2D eigenvalue weighted by Gasteiger charge is -2.28. The van der Waals surface area contributed by atoms with E-state index >= 15 is 0 Å². The van der Waals surface area contributed by atoms with Crippen LogP contribution in [0.25, 0.3) is 0 Å². The van der Waals surface area contributed by atoms with Crippen LogP contribution in [-0.2, 0) is 35.2 Å². The van der Waals surface area contributed by atoms with Crippen molar-refractivity contribution in [1.82, 2.24) is 9.62 Å². The Morgan fingerprint density at radius 1 is 1.45 bits per heavy atom. The number of nitrogens with zero attached hydrogens (tertiary/aromatic N) is 1. The number of allylic oxidation sites excluding steroid dienone is 3. The standard InChI is InChI=1S/C13H14N2O3S2/c1-3-4-5-9-8(2)20(19)15(13(9)18)10-6-7-11(16)14-12(10)17/h3-5,10H,2,6-7H2,1H3,(H,14,16,17)/b4-3-,9-5+. The molecule has 5 nitrogen and oxygen atoms in total. The van der Waals surface area contributed by atoms with Crippen LogP contribution in [-0.4, -0.2) is 28.1 Å². The normalized spacial score (nSPS) is 29.6. The molecule has 2 fully saturated rings. The molecule has 0 aromatic rings. The Morgan fingerprint density at radius 3 is 2.75 bits per heavy atom. The number of hydrogen-bond donors (Lipinski definition) is 1. The molecule has 7 heteroatoms. The summed E-state index contributed by atoms with van der Waals surface area (Å²) in [5.74, 6) is -1.07. The van der Waals surface area contributed by atoms with E-state index in [0.29, 0.717) is 16.9 Å². The van der Waals surface area contributed by atoms with Crippen LogP contribution in [0.4, 0.5) is 0 Å². The third-order valence-electron chi connectivity index (χ3n) is 3.07. The van der Waals surface area contributed by atoms with E-state index < -0.39 is 21.6 Å². The molecule has 2 aliphatic heterocycles. The highest BCUT2D eigenvalue weighted by molar-refractivity contribution is 8.30. The Bertz CT molecular complexity index is 592. The molecule has 0 aromatic carbocycles. The van der Waals surface area contributed by atoms with E-state index in [1.807, 2.05) is 6.92 Å². The van der Waals surface area contributed by atoms with Gasteiger partial charge in [-0.3, -0.25) is 24.0 Å². The van der Waals surface area contributed by atoms with Crippen molar-refractivity contribution in [2.24, 2.45) is 0 Å². The van der Waals surface area contributed by atoms with Gasteiger partial charge < -0.3 is 0 Å². The molecule has 106 valence electrons. The molecule has 0 spiro atoms. The first-order valence-electron chi connectivity index (χ1n) is 6.08. The van der Waals surface area contributed by atoms with Crippen molar-refractivity contribution >= 4 is 38.5 Å². The predicted molar refractivity (Wildman–Crippen MR) is 79.8 cm³/mol. The maximum Gasteiger partial charge on any atom is 0.266 e. The third kappa shape index (κ3) is 2.51. The van der Waals surface area contributed by atoms with Gasteiger partial charge >= 0.3 is 0 Å². The molecule has 2 atom stereocenters. The number of nitrogens with one attached hydrogen (secondary N) is 1. The Hall–Kier alpha value is -1.60. The average molecular weight is 310 g/mol. The quantitative estimate of drug-likeness (QED) is 0.600. The minimum absolute atomic E-state index is 0.215. The van der Waals surface area contributed by atoms with Crippen LogP contribution in [0.15, 0.2) is 35.3 Å². The zero-order valence-electron chi connectivity index (χ0n) is 10.9. The van der Waals surface area contributed by atoms with Crippen LogP contribution in [0.3, 0.4) is 0 Å². The Morgan fingerprint density at radius 2 is 2.15 bits per heavy atom. The maximum atomic E-state index is 12.4. The maximum absolute atomic E-state index is 12.4. The van der Waals surface area contributed by atoms with E-state index in [1.54, 1.807) is 18.2 Å². The van der Waals surface area contributed by atoms with Gasteiger partial charge in [0, 0.05) is 21.0 Å². The summed E-state index contributed by atoms with van der Waals surface area (Å²) in [6.07, 6.45) is 5.71. The summed E-state index contributed by atoms with van der Waals surface area (Å²) in [5, 5.41) is 2.24. The first kappa shape index (κ1) is 14.8. The van der Waals surface area contributed by atoms with Gasteiger partial charge in [0.25, 0.3) is 5.91 Å². The molecule has 2 saturated heterocycles. The molecule has 2 aliphatic rings. The first-order chi connectivity index (χ1) is 9.47. The Balaban J connectivity index is 2.31. The minimum Gasteiger partial charge on any atom is -0.295 e. The van der Waals surface area contributed by atoms with E-state index in [1.165, 1.54) is 4.31 Å². The predicted octanol–water partition coefficient (Wildman–Crippen LogP) is 0.645. The summed E-state index contributed by atoms with van der Waals surface area (Å²) < 4.78 is 1.37. The van der Waals surface area contributed by atoms with E-state index in [-0.39, 0.29) is 18.2 Å². The number of imide groups is 1. The molecular formula is C13H14N2O3S2. The SMILES string of the molecule is C=C1/C(=C\C=C/C)C(=O)N(C2CCC(=O)NC2=O)S1=S. The molecular weight excluding hydrogens is 296 g/mol. The fraction of sp³-hybridized carbons (Fsp3) is 0.308. The number of amides is 3. The van der Waals surface area contributed by atoms with Crippen LogP contribution in [0, 0.1) is 0 Å². The highest BCUT2D eigenvalue weighted by Gasteiger charge is 2.43. The summed E-state index contributed by atoms with van der Waals surface area (Å²) >= 11 is 5.32. The molecule has 0 saturated carbocycles. The number of hydrogen-bond acceptors (Lipinski definition) is 4. The fourth-order valence-corrected chi connectivity index (χ4v) is 4.09. The van der Waals surface area contributed by atoms with Gasteiger partial charge in [-0.1, -0.05) is 18.7 Å². The van der Waals surface area contributed by atoms with Crippen molar-refractivity contribution in [3.8, 4) is 0 Å². The van der Waals surface area contributed by atoms with Crippen LogP contribution < -0.4 is 5.32 Å². The second-order valence-corrected chi connectivity index (χ2v) is 6.71. The largest absolute Gasteiger partial charge is 0.295 e. The summed E-state index contributed by atoms with van der Waals surface area (Å²) in [6, 6.07) is -0.686. The number of rotatable bonds is 2. The van der Waals surface area contributed by atoms with Gasteiger partial charge in [0.15, 0.2) is 0 Å². The summed E-state index contributed by atoms with van der Waals surface area (Å²) in [6.45, 7) is 5.69. The Kier molecular flexibility index (Phi) is 4.29. The van der Waals surface area contributed by atoms with E-state index in [0.717, 1.165) is 0 Å². The van der Waals surface area contributed by atoms with E-state index in [9.17, 15) is 14.4 Å². The fourth-order valence-electron chi connectivity index (χ4n) is 2.05. The first-order valence-corrected chi connectivity index (χ1v) is 8.19. The van der Waals surface area contributed by atoms with Gasteiger partial charge in [-0.15, -0.1) is 0 Å². The van der Waals surface area contributed by atoms with Crippen molar-refractivity contribution in [1.29, 1.82) is 0 Å². The highest BCUT2D eigenvalue weighted by Crippen LogP contribution is 2.31. The molecule has 0 aromatic heterocycles. The zero-order chi connectivity index (χ0) is 14.9. The van der Waals surface area contributed by atoms with E-state index in [2.05, 4.69) is 11.9 Å². The van der Waals surface area contributed by atoms with E-state index in [4.69, 9.17) is 11.2 Å². The van der Waals surface area contributed by atoms with Gasteiger partial charge in [0.05, 0.1) is 5.57 Å². The van der Waals surface area contributed by atoms with Crippen molar-refractivity contribution in [3.05, 3.63) is 35.3 Å². The monoisotopic (exact) mass is 310 g/mol. The lowest BCUT2D eigenvalue weighted by Crippen LogP contribution is -2.52. The topological polar surface area (TPSA) is 66.5 Å². The second kappa shape index (κ2) is 5.80. The zero-order valence-corrected chi connectivity index (χ0v) is 12.6. The van der Waals surface area contributed by atoms with Gasteiger partial charge in [0.1, 0.15) is 6.04 Å². The molecule has 0 radical (unpaired) electrons. The average Bonchev–Trinajstić information content (AvgIpc) is 2.60. The van der Waals surface area contributed by atoms with Crippen molar-refractivity contribution in [3.63, 3.8) is 0 Å².